The maximum atomic E-state index is 3.77. The summed E-state index contributed by atoms with van der Waals surface area (Å²) >= 11 is 0. The number of allylic oxidation sites excluding steroid dienone is 1. The van der Waals surface area contributed by atoms with Gasteiger partial charge in [0.15, 0.2) is 0 Å². The molecule has 0 radical (unpaired) electrons. The van der Waals surface area contributed by atoms with Gasteiger partial charge < -0.3 is 5.32 Å². The first-order valence-corrected chi connectivity index (χ1v) is 3.17. The summed E-state index contributed by atoms with van der Waals surface area (Å²) in [6.45, 7) is 3.00. The summed E-state index contributed by atoms with van der Waals surface area (Å²) in [5, 5.41) is 3.03. The molecule has 0 bridgehead atoms. The zero-order valence-electron chi connectivity index (χ0n) is 6.09. The number of hydrogen-bond donors (Lipinski definition) is 1. The van der Waals surface area contributed by atoms with E-state index in [1.807, 2.05) is 13.0 Å². The maximum Gasteiger partial charge on any atom is 0.0820 e. The summed E-state index contributed by atoms with van der Waals surface area (Å²) in [6.07, 6.45) is 6.95. The lowest BCUT2D eigenvalue weighted by molar-refractivity contribution is 0.901. The van der Waals surface area contributed by atoms with Gasteiger partial charge in [0.25, 0.3) is 0 Å². The smallest absolute Gasteiger partial charge is 0.0820 e. The quantitative estimate of drug-likeness (QED) is 0.260. The van der Waals surface area contributed by atoms with E-state index < -0.39 is 0 Å². The van der Waals surface area contributed by atoms with Crippen molar-refractivity contribution >= 4 is 6.34 Å². The van der Waals surface area contributed by atoms with Crippen LogP contribution in [-0.4, -0.2) is 19.9 Å². The van der Waals surface area contributed by atoms with Crippen LogP contribution in [0.1, 0.15) is 13.3 Å². The Morgan fingerprint density at radius 2 is 2.33 bits per heavy atom. The van der Waals surface area contributed by atoms with E-state index in [1.165, 1.54) is 0 Å². The van der Waals surface area contributed by atoms with E-state index in [0.717, 1.165) is 13.0 Å². The number of hydrogen-bond acceptors (Lipinski definition) is 1. The first-order valence-electron chi connectivity index (χ1n) is 3.17. The molecule has 0 amide bonds. The molecule has 0 rings (SSSR count). The minimum atomic E-state index is 0.974. The highest BCUT2D eigenvalue weighted by Crippen LogP contribution is 1.76. The Hall–Kier alpha value is -0.790. The van der Waals surface area contributed by atoms with Gasteiger partial charge in [0.05, 0.1) is 6.34 Å². The standard InChI is InChI=1S/C7H14N2/c1-3-4-5-6-9-7-8-2/h3-4,7H,5-6H2,1-2H3,(H,8,9). The predicted octanol–water partition coefficient (Wildman–Crippen LogP) is 1.20. The monoisotopic (exact) mass is 126 g/mol. The van der Waals surface area contributed by atoms with Crippen molar-refractivity contribution in [1.29, 1.82) is 0 Å². The fraction of sp³-hybridized carbons (Fsp3) is 0.571. The van der Waals surface area contributed by atoms with Gasteiger partial charge in [-0.1, -0.05) is 12.2 Å². The van der Waals surface area contributed by atoms with Crippen LogP contribution in [0.25, 0.3) is 0 Å². The Labute approximate surface area is 56.7 Å². The van der Waals surface area contributed by atoms with Crippen molar-refractivity contribution in [2.24, 2.45) is 4.99 Å². The lowest BCUT2D eigenvalue weighted by atomic mass is 10.4. The Bertz CT molecular complexity index is 83.1. The van der Waals surface area contributed by atoms with Gasteiger partial charge in [-0.15, -0.1) is 0 Å². The van der Waals surface area contributed by atoms with Crippen molar-refractivity contribution in [2.45, 2.75) is 13.3 Å². The van der Waals surface area contributed by atoms with E-state index in [9.17, 15) is 0 Å². The summed E-state index contributed by atoms with van der Waals surface area (Å²) < 4.78 is 0. The fourth-order valence-corrected chi connectivity index (χ4v) is 0.489. The van der Waals surface area contributed by atoms with Gasteiger partial charge in [-0.2, -0.15) is 0 Å². The Kier molecular flexibility index (Phi) is 6.58. The lowest BCUT2D eigenvalue weighted by Gasteiger charge is -1.92. The van der Waals surface area contributed by atoms with Gasteiger partial charge in [-0.3, -0.25) is 4.99 Å². The molecular formula is C7H14N2. The van der Waals surface area contributed by atoms with Crippen LogP contribution in [0.15, 0.2) is 17.1 Å². The van der Waals surface area contributed by atoms with Crippen LogP contribution in [0, 0.1) is 0 Å². The van der Waals surface area contributed by atoms with Crippen molar-refractivity contribution in [1.82, 2.24) is 5.32 Å². The molecule has 2 nitrogen and oxygen atoms in total. The average Bonchev–Trinajstić information content (AvgIpc) is 1.89. The highest BCUT2D eigenvalue weighted by molar-refractivity contribution is 5.53. The second kappa shape index (κ2) is 7.21. The maximum absolute atomic E-state index is 3.77. The van der Waals surface area contributed by atoms with E-state index >= 15 is 0 Å². The van der Waals surface area contributed by atoms with Crippen LogP contribution in [-0.2, 0) is 0 Å². The minimum absolute atomic E-state index is 0.974. The minimum Gasteiger partial charge on any atom is -0.376 e. The normalized spacial score (nSPS) is 11.3. The van der Waals surface area contributed by atoms with Gasteiger partial charge in [-0.25, -0.2) is 0 Å². The second-order valence-corrected chi connectivity index (χ2v) is 1.70. The zero-order valence-corrected chi connectivity index (χ0v) is 6.09. The molecule has 0 heterocycles. The first kappa shape index (κ1) is 8.21. The molecule has 2 heteroatoms. The molecule has 0 spiro atoms. The highest BCUT2D eigenvalue weighted by atomic mass is 14.9. The molecule has 0 aromatic heterocycles. The van der Waals surface area contributed by atoms with E-state index in [-0.39, 0.29) is 0 Å². The van der Waals surface area contributed by atoms with E-state index in [2.05, 4.69) is 16.4 Å². The third kappa shape index (κ3) is 7.21. The first-order chi connectivity index (χ1) is 4.41. The van der Waals surface area contributed by atoms with Crippen molar-refractivity contribution in [3.8, 4) is 0 Å². The molecule has 0 atom stereocenters. The summed E-state index contributed by atoms with van der Waals surface area (Å²) in [5.74, 6) is 0. The molecule has 0 aromatic rings. The molecule has 0 saturated carbocycles. The van der Waals surface area contributed by atoms with Crippen molar-refractivity contribution in [2.75, 3.05) is 13.6 Å². The van der Waals surface area contributed by atoms with Crippen LogP contribution in [0.2, 0.25) is 0 Å². The van der Waals surface area contributed by atoms with Crippen LogP contribution < -0.4 is 5.32 Å². The molecule has 1 N–H and O–H groups in total. The molecule has 0 aliphatic carbocycles. The number of rotatable bonds is 4. The number of nitrogens with one attached hydrogen (secondary N) is 1. The average molecular weight is 126 g/mol. The molecule has 0 aliphatic rings. The lowest BCUT2D eigenvalue weighted by Crippen LogP contribution is -2.11. The van der Waals surface area contributed by atoms with E-state index in [1.54, 1.807) is 13.4 Å². The second-order valence-electron chi connectivity index (χ2n) is 1.70. The zero-order chi connectivity index (χ0) is 6.95. The van der Waals surface area contributed by atoms with E-state index in [4.69, 9.17) is 0 Å². The molecule has 0 aliphatic heterocycles. The number of nitrogens with zero attached hydrogens (tertiary/aromatic N) is 1. The Morgan fingerprint density at radius 3 is 2.89 bits per heavy atom. The molecule has 0 saturated heterocycles. The molecular weight excluding hydrogens is 112 g/mol. The third-order valence-electron chi connectivity index (χ3n) is 0.911. The summed E-state index contributed by atoms with van der Waals surface area (Å²) in [6, 6.07) is 0. The SMILES string of the molecule is CC=CCCNC=NC. The predicted molar refractivity (Wildman–Crippen MR) is 41.8 cm³/mol. The summed E-state index contributed by atoms with van der Waals surface area (Å²) in [5.41, 5.74) is 0. The van der Waals surface area contributed by atoms with Crippen molar-refractivity contribution in [3.05, 3.63) is 12.2 Å². The summed E-state index contributed by atoms with van der Waals surface area (Å²) in [4.78, 5) is 3.77. The van der Waals surface area contributed by atoms with Crippen LogP contribution in [0.3, 0.4) is 0 Å². The van der Waals surface area contributed by atoms with Crippen molar-refractivity contribution in [3.63, 3.8) is 0 Å². The molecule has 9 heavy (non-hydrogen) atoms. The van der Waals surface area contributed by atoms with Gasteiger partial charge in [-0.05, 0) is 13.3 Å². The molecule has 0 unspecified atom stereocenters. The molecule has 0 aromatic carbocycles. The van der Waals surface area contributed by atoms with E-state index in [0.29, 0.717) is 0 Å². The van der Waals surface area contributed by atoms with Crippen molar-refractivity contribution < 1.29 is 0 Å². The van der Waals surface area contributed by atoms with Gasteiger partial charge >= 0.3 is 0 Å². The molecule has 0 fully saturated rings. The Balaban J connectivity index is 2.91. The fourth-order valence-electron chi connectivity index (χ4n) is 0.489. The van der Waals surface area contributed by atoms with Crippen LogP contribution >= 0.6 is 0 Å². The van der Waals surface area contributed by atoms with Gasteiger partial charge in [0.2, 0.25) is 0 Å². The Morgan fingerprint density at radius 1 is 1.56 bits per heavy atom. The summed E-state index contributed by atoms with van der Waals surface area (Å²) in [7, 11) is 1.75. The van der Waals surface area contributed by atoms with Crippen LogP contribution in [0.5, 0.6) is 0 Å². The third-order valence-corrected chi connectivity index (χ3v) is 0.911. The number of aliphatic imine (C=N–C) groups is 1. The van der Waals surface area contributed by atoms with Gasteiger partial charge in [0.1, 0.15) is 0 Å². The topological polar surface area (TPSA) is 24.4 Å². The molecule has 52 valence electrons. The largest absolute Gasteiger partial charge is 0.376 e. The van der Waals surface area contributed by atoms with Crippen LogP contribution in [0.4, 0.5) is 0 Å². The highest BCUT2D eigenvalue weighted by Gasteiger charge is 1.73. The van der Waals surface area contributed by atoms with Gasteiger partial charge in [0, 0.05) is 13.6 Å².